The molecule has 2 nitrogen and oxygen atoms in total. The Morgan fingerprint density at radius 2 is 1.65 bits per heavy atom. The van der Waals surface area contributed by atoms with Crippen molar-refractivity contribution in [1.29, 1.82) is 0 Å². The summed E-state index contributed by atoms with van der Waals surface area (Å²) >= 11 is 0. The summed E-state index contributed by atoms with van der Waals surface area (Å²) in [4.78, 5) is 12.5. The van der Waals surface area contributed by atoms with Crippen LogP contribution >= 0.6 is 0 Å². The van der Waals surface area contributed by atoms with Crippen molar-refractivity contribution in [2.45, 2.75) is 52.9 Å². The van der Waals surface area contributed by atoms with E-state index < -0.39 is 0 Å². The summed E-state index contributed by atoms with van der Waals surface area (Å²) in [7, 11) is 0. The number of hydrogen-bond acceptors (Lipinski definition) is 1. The van der Waals surface area contributed by atoms with Crippen molar-refractivity contribution in [3.63, 3.8) is 0 Å². The normalized spacial score (nSPS) is 18.7. The zero-order valence-electron chi connectivity index (χ0n) is 16.3. The molecule has 1 aliphatic rings. The van der Waals surface area contributed by atoms with Gasteiger partial charge >= 0.3 is 0 Å². The number of carbonyl (C=O) groups excluding carboxylic acids is 1. The second-order valence-electron chi connectivity index (χ2n) is 8.31. The molecule has 2 aromatic rings. The summed E-state index contributed by atoms with van der Waals surface area (Å²) < 4.78 is 0. The predicted octanol–water partition coefficient (Wildman–Crippen LogP) is 5.86. The molecule has 1 unspecified atom stereocenters. The quantitative estimate of drug-likeness (QED) is 0.695. The summed E-state index contributed by atoms with van der Waals surface area (Å²) in [5.41, 5.74) is 4.82. The van der Waals surface area contributed by atoms with Gasteiger partial charge in [0.05, 0.1) is 0 Å². The van der Waals surface area contributed by atoms with Gasteiger partial charge in [-0.1, -0.05) is 70.0 Å². The Hall–Kier alpha value is -2.09. The molecule has 0 radical (unpaired) electrons. The van der Waals surface area contributed by atoms with Crippen molar-refractivity contribution in [3.05, 3.63) is 59.7 Å². The van der Waals surface area contributed by atoms with Crippen LogP contribution in [-0.2, 0) is 6.42 Å². The molecule has 0 spiro atoms. The van der Waals surface area contributed by atoms with Crippen LogP contribution in [0.25, 0.3) is 11.1 Å². The van der Waals surface area contributed by atoms with Crippen molar-refractivity contribution in [1.82, 2.24) is 5.32 Å². The largest absolute Gasteiger partial charge is 0.352 e. The molecule has 2 heteroatoms. The number of carbonyl (C=O) groups is 1. The van der Waals surface area contributed by atoms with Crippen molar-refractivity contribution in [3.8, 4) is 11.1 Å². The van der Waals surface area contributed by atoms with E-state index in [-0.39, 0.29) is 5.91 Å². The smallest absolute Gasteiger partial charge is 0.251 e. The molecule has 1 fully saturated rings. The molecule has 2 aromatic carbocycles. The molecule has 26 heavy (non-hydrogen) atoms. The van der Waals surface area contributed by atoms with Crippen LogP contribution in [0.4, 0.5) is 0 Å². The molecular weight excluding hydrogens is 318 g/mol. The average molecular weight is 350 g/mol. The van der Waals surface area contributed by atoms with E-state index in [1.165, 1.54) is 36.8 Å². The van der Waals surface area contributed by atoms with Gasteiger partial charge in [0.15, 0.2) is 0 Å². The minimum atomic E-state index is 0.0394. The topological polar surface area (TPSA) is 29.1 Å². The summed E-state index contributed by atoms with van der Waals surface area (Å²) in [6.45, 7) is 7.62. The van der Waals surface area contributed by atoms with Crippen LogP contribution in [0.2, 0.25) is 0 Å². The average Bonchev–Trinajstić information content (AvgIpc) is 2.99. The Balaban J connectivity index is 1.60. The Labute approximate surface area is 158 Å². The van der Waals surface area contributed by atoms with Crippen LogP contribution in [-0.4, -0.2) is 12.5 Å². The van der Waals surface area contributed by atoms with E-state index in [1.807, 2.05) is 24.3 Å². The monoisotopic (exact) mass is 349 g/mol. The van der Waals surface area contributed by atoms with Gasteiger partial charge in [-0.3, -0.25) is 4.79 Å². The van der Waals surface area contributed by atoms with Gasteiger partial charge in [-0.2, -0.15) is 0 Å². The molecule has 1 aliphatic carbocycles. The molecule has 0 aliphatic heterocycles. The maximum atomic E-state index is 12.5. The number of hydrogen-bond donors (Lipinski definition) is 1. The van der Waals surface area contributed by atoms with E-state index >= 15 is 0 Å². The van der Waals surface area contributed by atoms with E-state index in [4.69, 9.17) is 0 Å². The molecule has 138 valence electrons. The zero-order chi connectivity index (χ0) is 18.6. The van der Waals surface area contributed by atoms with Gasteiger partial charge in [-0.25, -0.2) is 0 Å². The van der Waals surface area contributed by atoms with Gasteiger partial charge in [0.1, 0.15) is 0 Å². The highest BCUT2D eigenvalue weighted by Crippen LogP contribution is 2.42. The van der Waals surface area contributed by atoms with E-state index in [0.717, 1.165) is 24.1 Å². The van der Waals surface area contributed by atoms with Crippen molar-refractivity contribution >= 4 is 5.91 Å². The predicted molar refractivity (Wildman–Crippen MR) is 109 cm³/mol. The molecule has 0 aromatic heterocycles. The molecule has 1 amide bonds. The van der Waals surface area contributed by atoms with Crippen molar-refractivity contribution < 1.29 is 4.79 Å². The van der Waals surface area contributed by atoms with Crippen molar-refractivity contribution in [2.75, 3.05) is 6.54 Å². The summed E-state index contributed by atoms with van der Waals surface area (Å²) in [6, 6.07) is 16.7. The van der Waals surface area contributed by atoms with Gasteiger partial charge in [-0.05, 0) is 59.4 Å². The van der Waals surface area contributed by atoms with Gasteiger partial charge in [0.25, 0.3) is 5.91 Å². The van der Waals surface area contributed by atoms with Crippen LogP contribution in [0.15, 0.2) is 48.5 Å². The van der Waals surface area contributed by atoms with Crippen LogP contribution in [0.1, 0.15) is 62.4 Å². The van der Waals surface area contributed by atoms with Crippen LogP contribution in [0, 0.1) is 11.3 Å². The van der Waals surface area contributed by atoms with Crippen molar-refractivity contribution in [2.24, 2.45) is 11.3 Å². The molecule has 0 saturated heterocycles. The van der Waals surface area contributed by atoms with Gasteiger partial charge in [-0.15, -0.1) is 0 Å². The highest BCUT2D eigenvalue weighted by atomic mass is 16.1. The fourth-order valence-corrected chi connectivity index (χ4v) is 4.06. The first-order valence-electron chi connectivity index (χ1n) is 9.97. The maximum absolute atomic E-state index is 12.5. The molecule has 0 bridgehead atoms. The SMILES string of the molecule is CCCc1ccc(-c2ccc(C(=O)NCC3CCCC3(C)C)cc2)cc1. The Bertz CT molecular complexity index is 728. The fraction of sp³-hybridized carbons (Fsp3) is 0.458. The second-order valence-corrected chi connectivity index (χ2v) is 8.31. The van der Waals surface area contributed by atoms with Crippen LogP contribution < -0.4 is 5.32 Å². The summed E-state index contributed by atoms with van der Waals surface area (Å²) in [5.74, 6) is 0.630. The number of amides is 1. The first-order chi connectivity index (χ1) is 12.5. The lowest BCUT2D eigenvalue weighted by molar-refractivity contribution is 0.0937. The van der Waals surface area contributed by atoms with Crippen LogP contribution in [0.5, 0.6) is 0 Å². The van der Waals surface area contributed by atoms with Gasteiger partial charge in [0, 0.05) is 12.1 Å². The Kier molecular flexibility index (Phi) is 5.80. The first-order valence-corrected chi connectivity index (χ1v) is 9.97. The zero-order valence-corrected chi connectivity index (χ0v) is 16.3. The highest BCUT2D eigenvalue weighted by molar-refractivity contribution is 5.94. The molecule has 1 N–H and O–H groups in total. The van der Waals surface area contributed by atoms with E-state index in [1.54, 1.807) is 0 Å². The third-order valence-corrected chi connectivity index (χ3v) is 5.96. The third-order valence-electron chi connectivity index (χ3n) is 5.96. The molecule has 0 heterocycles. The van der Waals surface area contributed by atoms with Gasteiger partial charge in [0.2, 0.25) is 0 Å². The molecular formula is C24H31NO. The lowest BCUT2D eigenvalue weighted by Gasteiger charge is -2.27. The summed E-state index contributed by atoms with van der Waals surface area (Å²) in [6.07, 6.45) is 6.05. The Morgan fingerprint density at radius 1 is 1.04 bits per heavy atom. The molecule has 3 rings (SSSR count). The van der Waals surface area contributed by atoms with E-state index in [2.05, 4.69) is 50.4 Å². The Morgan fingerprint density at radius 3 is 2.19 bits per heavy atom. The van der Waals surface area contributed by atoms with Gasteiger partial charge < -0.3 is 5.32 Å². The second kappa shape index (κ2) is 8.07. The minimum absolute atomic E-state index is 0.0394. The number of benzene rings is 2. The standard InChI is InChI=1S/C24H31NO/c1-4-6-18-8-10-19(11-9-18)20-12-14-21(15-13-20)23(26)25-17-22-7-5-16-24(22,2)3/h8-15,22H,4-7,16-17H2,1-3H3,(H,25,26). The number of aryl methyl sites for hydroxylation is 1. The lowest BCUT2D eigenvalue weighted by Crippen LogP contribution is -2.33. The van der Waals surface area contributed by atoms with Crippen LogP contribution in [0.3, 0.4) is 0 Å². The fourth-order valence-electron chi connectivity index (χ4n) is 4.06. The van der Waals surface area contributed by atoms with E-state index in [9.17, 15) is 4.79 Å². The highest BCUT2D eigenvalue weighted by Gasteiger charge is 2.34. The number of rotatable bonds is 6. The summed E-state index contributed by atoms with van der Waals surface area (Å²) in [5, 5.41) is 3.14. The lowest BCUT2D eigenvalue weighted by atomic mass is 9.82. The maximum Gasteiger partial charge on any atom is 0.251 e. The first kappa shape index (κ1) is 18.7. The molecule has 1 saturated carbocycles. The minimum Gasteiger partial charge on any atom is -0.352 e. The van der Waals surface area contributed by atoms with E-state index in [0.29, 0.717) is 11.3 Å². The molecule has 1 atom stereocenters. The number of nitrogens with one attached hydrogen (secondary N) is 1. The third kappa shape index (κ3) is 4.35.